The lowest BCUT2D eigenvalue weighted by Crippen LogP contribution is -2.67. The van der Waals surface area contributed by atoms with Crippen molar-refractivity contribution in [1.29, 1.82) is 0 Å². The number of hydrogen-bond donors (Lipinski definition) is 1. The van der Waals surface area contributed by atoms with E-state index in [9.17, 15) is 9.59 Å². The van der Waals surface area contributed by atoms with E-state index >= 15 is 0 Å². The second-order valence-electron chi connectivity index (χ2n) is 8.29. The van der Waals surface area contributed by atoms with Crippen LogP contribution in [-0.4, -0.2) is 47.4 Å². The molecule has 0 spiro atoms. The number of anilines is 2. The maximum Gasteiger partial charge on any atom is 0.256 e. The lowest BCUT2D eigenvalue weighted by molar-refractivity contribution is -0.137. The average Bonchev–Trinajstić information content (AvgIpc) is 2.91. The maximum absolute atomic E-state index is 14.2. The summed E-state index contributed by atoms with van der Waals surface area (Å²) in [6.45, 7) is 0. The molecule has 0 aromatic heterocycles. The number of nitrogens with one attached hydrogen (secondary N) is 1. The summed E-state index contributed by atoms with van der Waals surface area (Å²) in [6.07, 6.45) is -0.121. The van der Waals surface area contributed by atoms with Crippen molar-refractivity contribution in [1.82, 2.24) is 0 Å². The Kier molecular flexibility index (Phi) is 7.80. The Labute approximate surface area is 230 Å². The van der Waals surface area contributed by atoms with Gasteiger partial charge in [-0.25, -0.2) is 0 Å². The SMILES string of the molecule is COc1ccc(C2(C(=O)Nc3cc(Cl)c(OC)cc3OC)CC(=O)N2c2cc(Cl)c(OC)cc2OC)cc1. The third kappa shape index (κ3) is 4.52. The van der Waals surface area contributed by atoms with Crippen molar-refractivity contribution in [3.8, 4) is 28.7 Å². The van der Waals surface area contributed by atoms with E-state index in [4.69, 9.17) is 46.9 Å². The Morgan fingerprint density at radius 1 is 0.789 bits per heavy atom. The van der Waals surface area contributed by atoms with Gasteiger partial charge in [0.2, 0.25) is 5.91 Å². The summed E-state index contributed by atoms with van der Waals surface area (Å²) in [5, 5.41) is 3.41. The van der Waals surface area contributed by atoms with Crippen LogP contribution in [0.1, 0.15) is 12.0 Å². The molecule has 2 amide bonds. The molecule has 11 heteroatoms. The van der Waals surface area contributed by atoms with E-state index in [0.29, 0.717) is 45.7 Å². The van der Waals surface area contributed by atoms with Gasteiger partial charge >= 0.3 is 0 Å². The number of β-lactam (4-membered cyclic amide) rings is 1. The molecule has 200 valence electrons. The summed E-state index contributed by atoms with van der Waals surface area (Å²) in [5.41, 5.74) is -0.315. The highest BCUT2D eigenvalue weighted by atomic mass is 35.5. The minimum Gasteiger partial charge on any atom is -0.497 e. The van der Waals surface area contributed by atoms with Gasteiger partial charge in [-0.15, -0.1) is 0 Å². The van der Waals surface area contributed by atoms with E-state index < -0.39 is 11.4 Å². The number of carbonyl (C=O) groups is 2. The highest BCUT2D eigenvalue weighted by Gasteiger charge is 2.59. The third-order valence-corrected chi connectivity index (χ3v) is 6.99. The number of amides is 2. The first-order chi connectivity index (χ1) is 18.2. The molecular weight excluding hydrogens is 535 g/mol. The second-order valence-corrected chi connectivity index (χ2v) is 9.11. The van der Waals surface area contributed by atoms with E-state index in [0.717, 1.165) is 0 Å². The van der Waals surface area contributed by atoms with E-state index in [1.807, 2.05) is 0 Å². The zero-order valence-electron chi connectivity index (χ0n) is 21.4. The Balaban J connectivity index is 1.88. The lowest BCUT2D eigenvalue weighted by atomic mass is 9.75. The van der Waals surface area contributed by atoms with Gasteiger partial charge in [0.1, 0.15) is 28.7 Å². The van der Waals surface area contributed by atoms with Crippen LogP contribution < -0.4 is 33.9 Å². The van der Waals surface area contributed by atoms with Crippen molar-refractivity contribution in [2.45, 2.75) is 12.0 Å². The average molecular weight is 561 g/mol. The molecule has 4 rings (SSSR count). The smallest absolute Gasteiger partial charge is 0.256 e. The molecule has 1 N–H and O–H groups in total. The number of halogens is 2. The van der Waals surface area contributed by atoms with Gasteiger partial charge in [0, 0.05) is 12.1 Å². The van der Waals surface area contributed by atoms with Gasteiger partial charge in [-0.3, -0.25) is 14.5 Å². The summed E-state index contributed by atoms with van der Waals surface area (Å²) in [7, 11) is 7.40. The number of carbonyl (C=O) groups excluding carboxylic acids is 2. The van der Waals surface area contributed by atoms with Crippen LogP contribution in [0.3, 0.4) is 0 Å². The van der Waals surface area contributed by atoms with Crippen LogP contribution in [-0.2, 0) is 15.1 Å². The van der Waals surface area contributed by atoms with Crippen molar-refractivity contribution in [2.24, 2.45) is 0 Å². The zero-order valence-corrected chi connectivity index (χ0v) is 22.9. The van der Waals surface area contributed by atoms with Gasteiger partial charge < -0.3 is 29.0 Å². The lowest BCUT2D eigenvalue weighted by Gasteiger charge is -2.51. The van der Waals surface area contributed by atoms with Gasteiger partial charge in [0.15, 0.2) is 5.54 Å². The number of hydrogen-bond acceptors (Lipinski definition) is 7. The van der Waals surface area contributed by atoms with Crippen LogP contribution in [0, 0.1) is 0 Å². The molecule has 3 aromatic carbocycles. The number of rotatable bonds is 9. The predicted octanol–water partition coefficient (Wildman–Crippen LogP) is 5.31. The van der Waals surface area contributed by atoms with Gasteiger partial charge in [0.05, 0.1) is 63.4 Å². The Morgan fingerprint density at radius 3 is 1.87 bits per heavy atom. The van der Waals surface area contributed by atoms with E-state index in [-0.39, 0.29) is 22.4 Å². The number of nitrogens with zero attached hydrogens (tertiary/aromatic N) is 1. The zero-order chi connectivity index (χ0) is 27.6. The highest BCUT2D eigenvalue weighted by Crippen LogP contribution is 2.51. The fraction of sp³-hybridized carbons (Fsp3) is 0.259. The number of benzene rings is 3. The first-order valence-electron chi connectivity index (χ1n) is 11.4. The molecule has 1 saturated heterocycles. The molecule has 1 aliphatic heterocycles. The first kappa shape index (κ1) is 27.2. The Hall–Kier alpha value is -3.82. The van der Waals surface area contributed by atoms with Crippen LogP contribution in [0.5, 0.6) is 28.7 Å². The molecule has 0 radical (unpaired) electrons. The van der Waals surface area contributed by atoms with Crippen LogP contribution in [0.25, 0.3) is 0 Å². The first-order valence-corrected chi connectivity index (χ1v) is 12.1. The number of methoxy groups -OCH3 is 5. The van der Waals surface area contributed by atoms with Crippen LogP contribution in [0.4, 0.5) is 11.4 Å². The fourth-order valence-corrected chi connectivity index (χ4v) is 4.93. The molecule has 1 aliphatic rings. The summed E-state index contributed by atoms with van der Waals surface area (Å²) in [6, 6.07) is 13.1. The fourth-order valence-electron chi connectivity index (χ4n) is 4.45. The van der Waals surface area contributed by atoms with Crippen molar-refractivity contribution < 1.29 is 33.3 Å². The Bertz CT molecular complexity index is 1380. The quantitative estimate of drug-likeness (QED) is 0.354. The monoisotopic (exact) mass is 560 g/mol. The van der Waals surface area contributed by atoms with Gasteiger partial charge in [-0.1, -0.05) is 35.3 Å². The number of ether oxygens (including phenoxy) is 5. The molecule has 0 saturated carbocycles. The molecule has 1 heterocycles. The summed E-state index contributed by atoms with van der Waals surface area (Å²) in [5.74, 6) is 1.14. The van der Waals surface area contributed by atoms with E-state index in [1.165, 1.54) is 45.5 Å². The van der Waals surface area contributed by atoms with Crippen molar-refractivity contribution in [2.75, 3.05) is 45.8 Å². The Morgan fingerprint density at radius 2 is 1.34 bits per heavy atom. The van der Waals surface area contributed by atoms with Crippen molar-refractivity contribution in [3.05, 3.63) is 64.1 Å². The largest absolute Gasteiger partial charge is 0.497 e. The van der Waals surface area contributed by atoms with E-state index in [2.05, 4.69) is 5.32 Å². The van der Waals surface area contributed by atoms with Crippen molar-refractivity contribution in [3.63, 3.8) is 0 Å². The van der Waals surface area contributed by atoms with Crippen LogP contribution >= 0.6 is 23.2 Å². The molecule has 1 unspecified atom stereocenters. The molecule has 38 heavy (non-hydrogen) atoms. The summed E-state index contributed by atoms with van der Waals surface area (Å²) in [4.78, 5) is 28.8. The minimum atomic E-state index is -1.47. The molecule has 1 atom stereocenters. The molecular formula is C27H26Cl2N2O7. The topological polar surface area (TPSA) is 95.6 Å². The van der Waals surface area contributed by atoms with Crippen LogP contribution in [0.2, 0.25) is 10.0 Å². The molecule has 1 fully saturated rings. The summed E-state index contributed by atoms with van der Waals surface area (Å²) >= 11 is 12.8. The van der Waals surface area contributed by atoms with Gasteiger partial charge in [-0.05, 0) is 29.8 Å². The molecule has 9 nitrogen and oxygen atoms in total. The van der Waals surface area contributed by atoms with Crippen molar-refractivity contribution >= 4 is 46.4 Å². The van der Waals surface area contributed by atoms with Crippen LogP contribution in [0.15, 0.2) is 48.5 Å². The highest BCUT2D eigenvalue weighted by molar-refractivity contribution is 6.33. The molecule has 0 aliphatic carbocycles. The molecule has 3 aromatic rings. The third-order valence-electron chi connectivity index (χ3n) is 6.40. The maximum atomic E-state index is 14.2. The minimum absolute atomic E-state index is 0.121. The standard InChI is InChI=1S/C27H26Cl2N2O7/c1-34-16-8-6-15(7-9-16)27(26(33)30-19-10-17(28)21(35-2)12-23(19)37-4)14-25(32)31(27)20-11-18(29)22(36-3)13-24(20)38-5/h6-13H,14H2,1-5H3,(H,30,33). The summed E-state index contributed by atoms with van der Waals surface area (Å²) < 4.78 is 26.9. The van der Waals surface area contributed by atoms with E-state index in [1.54, 1.807) is 43.5 Å². The molecule has 0 bridgehead atoms. The normalized spacial score (nSPS) is 16.4. The second kappa shape index (κ2) is 10.9. The predicted molar refractivity (Wildman–Crippen MR) is 145 cm³/mol. The van der Waals surface area contributed by atoms with Gasteiger partial charge in [0.25, 0.3) is 5.91 Å². The van der Waals surface area contributed by atoms with Gasteiger partial charge in [-0.2, -0.15) is 0 Å².